The van der Waals surface area contributed by atoms with Crippen molar-refractivity contribution < 1.29 is 4.79 Å². The number of likely N-dealkylation sites (tertiary alicyclic amines) is 1. The molecule has 1 aliphatic carbocycles. The van der Waals surface area contributed by atoms with Gasteiger partial charge in [-0.3, -0.25) is 14.4 Å². The molecule has 2 heterocycles. The van der Waals surface area contributed by atoms with Gasteiger partial charge in [0.15, 0.2) is 0 Å². The fraction of sp³-hybridized carbons (Fsp3) is 0.750. The second-order valence-corrected chi connectivity index (χ2v) is 6.95. The average molecular weight is 325 g/mol. The lowest BCUT2D eigenvalue weighted by molar-refractivity contribution is -0.123. The van der Waals surface area contributed by atoms with E-state index in [2.05, 4.69) is 15.3 Å². The lowest BCUT2D eigenvalue weighted by Gasteiger charge is -2.25. The Hall–Kier alpha value is -1.07. The van der Waals surface area contributed by atoms with E-state index in [0.717, 1.165) is 43.5 Å². The summed E-state index contributed by atoms with van der Waals surface area (Å²) in [5, 5.41) is 8.29. The molecule has 1 aliphatic heterocycles. The molecule has 1 N–H and O–H groups in total. The zero-order chi connectivity index (χ0) is 15.7. The summed E-state index contributed by atoms with van der Waals surface area (Å²) in [4.78, 5) is 14.6. The second-order valence-electron chi connectivity index (χ2n) is 6.59. The zero-order valence-electron chi connectivity index (χ0n) is 13.4. The van der Waals surface area contributed by atoms with Crippen LogP contribution in [0.4, 0.5) is 0 Å². The molecule has 1 saturated heterocycles. The number of hydrogen-bond acceptors (Lipinski definition) is 3. The van der Waals surface area contributed by atoms with Crippen LogP contribution in [0.1, 0.15) is 55.8 Å². The van der Waals surface area contributed by atoms with E-state index in [0.29, 0.717) is 17.7 Å². The molecular formula is C16H25ClN4O. The van der Waals surface area contributed by atoms with Crippen molar-refractivity contribution in [1.82, 2.24) is 20.0 Å². The van der Waals surface area contributed by atoms with Crippen LogP contribution in [0.25, 0.3) is 0 Å². The number of carbonyl (C=O) groups is 1. The number of hydrogen-bond donors (Lipinski definition) is 1. The highest BCUT2D eigenvalue weighted by Crippen LogP contribution is 2.37. The molecule has 0 bridgehead atoms. The molecule has 1 atom stereocenters. The lowest BCUT2D eigenvalue weighted by atomic mass is 10.1. The van der Waals surface area contributed by atoms with Crippen LogP contribution in [0.3, 0.4) is 0 Å². The Labute approximate surface area is 137 Å². The van der Waals surface area contributed by atoms with Gasteiger partial charge in [0, 0.05) is 24.7 Å². The molecule has 22 heavy (non-hydrogen) atoms. The molecule has 122 valence electrons. The minimum atomic E-state index is 0.150. The number of nitrogens with one attached hydrogen (secondary N) is 1. The van der Waals surface area contributed by atoms with Crippen molar-refractivity contribution in [1.29, 1.82) is 0 Å². The Bertz CT molecular complexity index is 551. The topological polar surface area (TPSA) is 50.2 Å². The molecule has 2 fully saturated rings. The van der Waals surface area contributed by atoms with E-state index in [-0.39, 0.29) is 11.9 Å². The highest BCUT2D eigenvalue weighted by Gasteiger charge is 2.32. The van der Waals surface area contributed by atoms with E-state index < -0.39 is 0 Å². The fourth-order valence-corrected chi connectivity index (χ4v) is 4.20. The number of rotatable bonds is 4. The third kappa shape index (κ3) is 3.15. The summed E-state index contributed by atoms with van der Waals surface area (Å²) in [6.45, 7) is 3.41. The van der Waals surface area contributed by atoms with Gasteiger partial charge < -0.3 is 5.32 Å². The highest BCUT2D eigenvalue weighted by molar-refractivity contribution is 6.30. The normalized spacial score (nSPS) is 23.3. The van der Waals surface area contributed by atoms with Gasteiger partial charge in [-0.25, -0.2) is 0 Å². The molecule has 0 spiro atoms. The first kappa shape index (κ1) is 15.8. The van der Waals surface area contributed by atoms with Gasteiger partial charge in [-0.15, -0.1) is 0 Å². The standard InChI is InChI=1S/C16H25ClN4O/c1-11-15(16(17)20(2)19-11)13-8-5-9-21(13)10-14(22)18-12-6-3-4-7-12/h12-13H,3-10H2,1-2H3,(H,18,22)/t13-/m0/s1. The van der Waals surface area contributed by atoms with Crippen LogP contribution in [0.15, 0.2) is 0 Å². The number of amides is 1. The molecule has 1 saturated carbocycles. The van der Waals surface area contributed by atoms with Crippen LogP contribution in [0.2, 0.25) is 5.15 Å². The molecular weight excluding hydrogens is 300 g/mol. The summed E-state index contributed by atoms with van der Waals surface area (Å²) in [5.74, 6) is 0.150. The van der Waals surface area contributed by atoms with E-state index in [4.69, 9.17) is 11.6 Å². The van der Waals surface area contributed by atoms with Crippen molar-refractivity contribution in [3.05, 3.63) is 16.4 Å². The summed E-state index contributed by atoms with van der Waals surface area (Å²) in [5.41, 5.74) is 2.07. The Morgan fingerprint density at radius 1 is 1.32 bits per heavy atom. The number of halogens is 1. The molecule has 3 rings (SSSR count). The molecule has 0 radical (unpaired) electrons. The summed E-state index contributed by atoms with van der Waals surface area (Å²) >= 11 is 6.41. The monoisotopic (exact) mass is 324 g/mol. The number of carbonyl (C=O) groups excluding carboxylic acids is 1. The Morgan fingerprint density at radius 3 is 2.68 bits per heavy atom. The largest absolute Gasteiger partial charge is 0.352 e. The predicted octanol–water partition coefficient (Wildman–Crippen LogP) is 2.58. The number of aryl methyl sites for hydroxylation is 2. The van der Waals surface area contributed by atoms with Crippen LogP contribution in [0, 0.1) is 6.92 Å². The first-order chi connectivity index (χ1) is 10.6. The SMILES string of the molecule is Cc1nn(C)c(Cl)c1[C@@H]1CCCN1CC(=O)NC1CCCC1. The Balaban J connectivity index is 1.66. The second kappa shape index (κ2) is 6.59. The van der Waals surface area contributed by atoms with Crippen LogP contribution in [0.5, 0.6) is 0 Å². The Morgan fingerprint density at radius 2 is 2.05 bits per heavy atom. The highest BCUT2D eigenvalue weighted by atomic mass is 35.5. The van der Waals surface area contributed by atoms with Gasteiger partial charge in [-0.05, 0) is 39.2 Å². The van der Waals surface area contributed by atoms with Gasteiger partial charge >= 0.3 is 0 Å². The summed E-state index contributed by atoms with van der Waals surface area (Å²) < 4.78 is 1.72. The summed E-state index contributed by atoms with van der Waals surface area (Å²) in [6, 6.07) is 0.604. The zero-order valence-corrected chi connectivity index (χ0v) is 14.2. The van der Waals surface area contributed by atoms with E-state index in [1.165, 1.54) is 12.8 Å². The molecule has 0 unspecified atom stereocenters. The third-order valence-corrected chi connectivity index (χ3v) is 5.41. The maximum Gasteiger partial charge on any atom is 0.234 e. The van der Waals surface area contributed by atoms with Crippen molar-refractivity contribution in [2.75, 3.05) is 13.1 Å². The van der Waals surface area contributed by atoms with E-state index in [1.807, 2.05) is 14.0 Å². The van der Waals surface area contributed by atoms with Crippen molar-refractivity contribution in [2.24, 2.45) is 7.05 Å². The van der Waals surface area contributed by atoms with Crippen molar-refractivity contribution in [3.8, 4) is 0 Å². The van der Waals surface area contributed by atoms with E-state index in [1.54, 1.807) is 4.68 Å². The van der Waals surface area contributed by atoms with Gasteiger partial charge in [-0.1, -0.05) is 24.4 Å². The van der Waals surface area contributed by atoms with Crippen molar-refractivity contribution >= 4 is 17.5 Å². The average Bonchev–Trinajstić information content (AvgIpc) is 3.15. The number of nitrogens with zero attached hydrogens (tertiary/aromatic N) is 3. The fourth-order valence-electron chi connectivity index (χ4n) is 3.90. The Kier molecular flexibility index (Phi) is 4.73. The first-order valence-electron chi connectivity index (χ1n) is 8.28. The van der Waals surface area contributed by atoms with Crippen LogP contribution in [-0.4, -0.2) is 39.7 Å². The number of aromatic nitrogens is 2. The quantitative estimate of drug-likeness (QED) is 0.926. The summed E-state index contributed by atoms with van der Waals surface area (Å²) in [7, 11) is 1.87. The molecule has 6 heteroatoms. The third-order valence-electron chi connectivity index (χ3n) is 4.96. The smallest absolute Gasteiger partial charge is 0.234 e. The molecule has 1 amide bonds. The molecule has 2 aliphatic rings. The van der Waals surface area contributed by atoms with Crippen LogP contribution in [-0.2, 0) is 11.8 Å². The van der Waals surface area contributed by atoms with Gasteiger partial charge in [0.25, 0.3) is 0 Å². The van der Waals surface area contributed by atoms with Gasteiger partial charge in [-0.2, -0.15) is 5.10 Å². The van der Waals surface area contributed by atoms with Gasteiger partial charge in [0.2, 0.25) is 5.91 Å². The first-order valence-corrected chi connectivity index (χ1v) is 8.66. The van der Waals surface area contributed by atoms with Gasteiger partial charge in [0.1, 0.15) is 5.15 Å². The van der Waals surface area contributed by atoms with Crippen LogP contribution < -0.4 is 5.32 Å². The maximum absolute atomic E-state index is 12.3. The van der Waals surface area contributed by atoms with Crippen molar-refractivity contribution in [3.63, 3.8) is 0 Å². The molecule has 5 nitrogen and oxygen atoms in total. The summed E-state index contributed by atoms with van der Waals surface area (Å²) in [6.07, 6.45) is 6.88. The van der Waals surface area contributed by atoms with E-state index in [9.17, 15) is 4.79 Å². The minimum absolute atomic E-state index is 0.150. The maximum atomic E-state index is 12.3. The molecule has 1 aromatic heterocycles. The molecule has 1 aromatic rings. The van der Waals surface area contributed by atoms with Crippen LogP contribution >= 0.6 is 11.6 Å². The lowest BCUT2D eigenvalue weighted by Crippen LogP contribution is -2.41. The van der Waals surface area contributed by atoms with Crippen molar-refractivity contribution in [2.45, 2.75) is 57.5 Å². The van der Waals surface area contributed by atoms with Gasteiger partial charge in [0.05, 0.1) is 12.2 Å². The predicted molar refractivity (Wildman–Crippen MR) is 86.9 cm³/mol. The minimum Gasteiger partial charge on any atom is -0.352 e. The van der Waals surface area contributed by atoms with E-state index >= 15 is 0 Å². The molecule has 0 aromatic carbocycles.